The van der Waals surface area contributed by atoms with Gasteiger partial charge in [0.15, 0.2) is 0 Å². The fourth-order valence-electron chi connectivity index (χ4n) is 3.68. The first-order chi connectivity index (χ1) is 14.0. The molecule has 2 aromatic rings. The van der Waals surface area contributed by atoms with Crippen LogP contribution >= 0.6 is 0 Å². The number of piperazine rings is 1. The Morgan fingerprint density at radius 2 is 1.76 bits per heavy atom. The van der Waals surface area contributed by atoms with Crippen LogP contribution in [0.1, 0.15) is 48.8 Å². The van der Waals surface area contributed by atoms with Crippen LogP contribution in [0.3, 0.4) is 0 Å². The third-order valence-electron chi connectivity index (χ3n) is 5.35. The Labute approximate surface area is 170 Å². The van der Waals surface area contributed by atoms with Gasteiger partial charge in [0.2, 0.25) is 11.8 Å². The van der Waals surface area contributed by atoms with E-state index >= 15 is 0 Å². The van der Waals surface area contributed by atoms with Gasteiger partial charge in [-0.1, -0.05) is 12.5 Å². The molecule has 8 nitrogen and oxygen atoms in total. The predicted molar refractivity (Wildman–Crippen MR) is 110 cm³/mol. The van der Waals surface area contributed by atoms with Gasteiger partial charge in [0, 0.05) is 52.3 Å². The first kappa shape index (κ1) is 20.8. The van der Waals surface area contributed by atoms with E-state index in [-0.39, 0.29) is 17.7 Å². The molecule has 29 heavy (non-hydrogen) atoms. The number of rotatable bonds is 7. The van der Waals surface area contributed by atoms with Crippen molar-refractivity contribution in [1.82, 2.24) is 24.5 Å². The number of fused-ring (bicyclic) bond motifs is 1. The number of nitrogens with one attached hydrogen (secondary N) is 1. The van der Waals surface area contributed by atoms with Gasteiger partial charge in [0.05, 0.1) is 5.69 Å². The fourth-order valence-corrected chi connectivity index (χ4v) is 3.68. The molecule has 0 spiro atoms. The van der Waals surface area contributed by atoms with E-state index in [4.69, 9.17) is 0 Å². The number of nitrogens with zero attached hydrogens (tertiary/aromatic N) is 4. The highest BCUT2D eigenvalue weighted by Crippen LogP contribution is 2.12. The Balaban J connectivity index is 1.34. The number of hydrogen-bond donors (Lipinski definition) is 1. The molecule has 3 heterocycles. The number of unbranched alkanes of at least 4 members (excludes halogenated alkanes) is 2. The summed E-state index contributed by atoms with van der Waals surface area (Å²) in [6.07, 6.45) is 4.86. The minimum absolute atomic E-state index is 0.0678. The van der Waals surface area contributed by atoms with Gasteiger partial charge >= 0.3 is 0 Å². The lowest BCUT2D eigenvalue weighted by atomic mass is 10.1. The van der Waals surface area contributed by atoms with Crippen LogP contribution in [-0.2, 0) is 9.59 Å². The third-order valence-corrected chi connectivity index (χ3v) is 5.35. The van der Waals surface area contributed by atoms with E-state index in [2.05, 4.69) is 10.3 Å². The molecule has 1 aliphatic heterocycles. The van der Waals surface area contributed by atoms with Crippen molar-refractivity contribution in [3.63, 3.8) is 0 Å². The maximum absolute atomic E-state index is 12.5. The second-order valence-electron chi connectivity index (χ2n) is 7.43. The van der Waals surface area contributed by atoms with Crippen molar-refractivity contribution in [2.75, 3.05) is 32.7 Å². The standard InChI is InChI=1S/C21H29N5O3/c1-16-20(26-11-7-5-8-18(26)23-16)21(29)22-10-6-3-4-9-19(28)25-14-12-24(13-15-25)17(2)27/h5,7-8,11H,3-4,6,9-10,12-15H2,1-2H3,(H,22,29). The summed E-state index contributed by atoms with van der Waals surface area (Å²) < 4.78 is 1.80. The molecule has 156 valence electrons. The second-order valence-corrected chi connectivity index (χ2v) is 7.43. The summed E-state index contributed by atoms with van der Waals surface area (Å²) >= 11 is 0. The zero-order chi connectivity index (χ0) is 20.8. The van der Waals surface area contributed by atoms with Gasteiger partial charge in [-0.25, -0.2) is 4.98 Å². The van der Waals surface area contributed by atoms with Crippen molar-refractivity contribution in [1.29, 1.82) is 0 Å². The minimum atomic E-state index is -0.124. The Morgan fingerprint density at radius 3 is 2.48 bits per heavy atom. The Kier molecular flexibility index (Phi) is 6.85. The van der Waals surface area contributed by atoms with Crippen LogP contribution in [0.2, 0.25) is 0 Å². The van der Waals surface area contributed by atoms with Crippen LogP contribution in [0.4, 0.5) is 0 Å². The highest BCUT2D eigenvalue weighted by atomic mass is 16.2. The van der Waals surface area contributed by atoms with E-state index in [1.54, 1.807) is 16.2 Å². The molecule has 0 saturated carbocycles. The van der Waals surface area contributed by atoms with Crippen LogP contribution in [0.5, 0.6) is 0 Å². The van der Waals surface area contributed by atoms with E-state index in [0.717, 1.165) is 24.9 Å². The maximum Gasteiger partial charge on any atom is 0.270 e. The maximum atomic E-state index is 12.5. The Morgan fingerprint density at radius 1 is 1.03 bits per heavy atom. The number of aromatic nitrogens is 2. The normalized spacial score (nSPS) is 14.3. The smallest absolute Gasteiger partial charge is 0.270 e. The number of aryl methyl sites for hydroxylation is 1. The zero-order valence-corrected chi connectivity index (χ0v) is 17.2. The monoisotopic (exact) mass is 399 g/mol. The van der Waals surface area contributed by atoms with Crippen LogP contribution in [0, 0.1) is 6.92 Å². The molecule has 0 aliphatic carbocycles. The van der Waals surface area contributed by atoms with E-state index in [1.165, 1.54) is 0 Å². The quantitative estimate of drug-likeness (QED) is 0.717. The number of pyridine rings is 1. The second kappa shape index (κ2) is 9.54. The topological polar surface area (TPSA) is 87.0 Å². The van der Waals surface area contributed by atoms with Crippen molar-refractivity contribution in [2.45, 2.75) is 39.5 Å². The summed E-state index contributed by atoms with van der Waals surface area (Å²) in [6, 6.07) is 5.65. The molecule has 3 amide bonds. The van der Waals surface area contributed by atoms with Crippen LogP contribution in [0.15, 0.2) is 24.4 Å². The predicted octanol–water partition coefficient (Wildman–Crippen LogP) is 1.62. The number of carbonyl (C=O) groups is 3. The van der Waals surface area contributed by atoms with E-state index < -0.39 is 0 Å². The number of hydrogen-bond acceptors (Lipinski definition) is 4. The van der Waals surface area contributed by atoms with Crippen molar-refractivity contribution < 1.29 is 14.4 Å². The number of amides is 3. The highest BCUT2D eigenvalue weighted by molar-refractivity contribution is 5.94. The Hall–Kier alpha value is -2.90. The van der Waals surface area contributed by atoms with E-state index in [0.29, 0.717) is 50.5 Å². The van der Waals surface area contributed by atoms with Crippen LogP contribution < -0.4 is 5.32 Å². The van der Waals surface area contributed by atoms with Crippen molar-refractivity contribution >= 4 is 23.4 Å². The molecule has 8 heteroatoms. The van der Waals surface area contributed by atoms with E-state index in [1.807, 2.05) is 36.2 Å². The zero-order valence-electron chi connectivity index (χ0n) is 17.2. The van der Waals surface area contributed by atoms with Crippen LogP contribution in [0.25, 0.3) is 5.65 Å². The number of imidazole rings is 1. The fraction of sp³-hybridized carbons (Fsp3) is 0.524. The molecule has 0 unspecified atom stereocenters. The van der Waals surface area contributed by atoms with Gasteiger partial charge in [-0.3, -0.25) is 18.8 Å². The Bertz CT molecular complexity index is 884. The van der Waals surface area contributed by atoms with Gasteiger partial charge in [-0.15, -0.1) is 0 Å². The molecule has 2 aromatic heterocycles. The summed E-state index contributed by atoms with van der Waals surface area (Å²) in [6.45, 7) is 6.45. The molecular formula is C21H29N5O3. The highest BCUT2D eigenvalue weighted by Gasteiger charge is 2.21. The third kappa shape index (κ3) is 5.13. The van der Waals surface area contributed by atoms with Crippen molar-refractivity contribution in [2.24, 2.45) is 0 Å². The van der Waals surface area contributed by atoms with Crippen molar-refractivity contribution in [3.8, 4) is 0 Å². The molecule has 0 atom stereocenters. The lowest BCUT2D eigenvalue weighted by molar-refractivity contribution is -0.138. The molecule has 3 rings (SSSR count). The van der Waals surface area contributed by atoms with Crippen molar-refractivity contribution in [3.05, 3.63) is 35.8 Å². The average Bonchev–Trinajstić information content (AvgIpc) is 3.06. The lowest BCUT2D eigenvalue weighted by Crippen LogP contribution is -2.50. The molecule has 0 bridgehead atoms. The van der Waals surface area contributed by atoms with Gasteiger partial charge in [0.25, 0.3) is 5.91 Å². The average molecular weight is 399 g/mol. The summed E-state index contributed by atoms with van der Waals surface area (Å²) in [5.74, 6) is 0.0949. The van der Waals surface area contributed by atoms with Gasteiger partial charge in [-0.2, -0.15) is 0 Å². The van der Waals surface area contributed by atoms with E-state index in [9.17, 15) is 14.4 Å². The summed E-state index contributed by atoms with van der Waals surface area (Å²) in [4.78, 5) is 44.1. The lowest BCUT2D eigenvalue weighted by Gasteiger charge is -2.34. The molecule has 1 aliphatic rings. The minimum Gasteiger partial charge on any atom is -0.351 e. The summed E-state index contributed by atoms with van der Waals surface area (Å²) in [5, 5.41) is 2.95. The SMILES string of the molecule is CC(=O)N1CCN(C(=O)CCCCCNC(=O)c2c(C)nc3ccccn23)CC1. The van der Waals surface area contributed by atoms with Crippen LogP contribution in [-0.4, -0.2) is 69.6 Å². The summed E-state index contributed by atoms with van der Waals surface area (Å²) in [7, 11) is 0. The molecule has 1 N–H and O–H groups in total. The molecular weight excluding hydrogens is 370 g/mol. The van der Waals surface area contributed by atoms with Gasteiger partial charge < -0.3 is 15.1 Å². The van der Waals surface area contributed by atoms with Gasteiger partial charge in [0.1, 0.15) is 11.3 Å². The largest absolute Gasteiger partial charge is 0.351 e. The summed E-state index contributed by atoms with van der Waals surface area (Å²) in [5.41, 5.74) is 2.04. The molecule has 1 saturated heterocycles. The first-order valence-electron chi connectivity index (χ1n) is 10.2. The molecule has 0 radical (unpaired) electrons. The molecule has 0 aromatic carbocycles. The van der Waals surface area contributed by atoms with Gasteiger partial charge in [-0.05, 0) is 31.9 Å². The first-order valence-corrected chi connectivity index (χ1v) is 10.2. The number of carbonyl (C=O) groups excluding carboxylic acids is 3. The molecule has 1 fully saturated rings.